The number of ether oxygens (including phenoxy) is 2. The minimum atomic E-state index is -0.709. The molecule has 6 nitrogen and oxygen atoms in total. The molecule has 3 aliphatic rings. The molecule has 0 saturated heterocycles. The van der Waals surface area contributed by atoms with Crippen LogP contribution in [0.3, 0.4) is 0 Å². The molecular formula is C21H22BrN3O3S2. The van der Waals surface area contributed by atoms with Crippen LogP contribution in [0.1, 0.15) is 40.0 Å². The fourth-order valence-corrected chi connectivity index (χ4v) is 7.43. The first-order valence-electron chi connectivity index (χ1n) is 9.97. The number of cyclic esters (lactones) is 1. The third-order valence-electron chi connectivity index (χ3n) is 7.34. The number of carbonyl (C=O) groups excluding carboxylic acids is 1. The molecule has 0 N–H and O–H groups in total. The molecular weight excluding hydrogens is 486 g/mol. The average molecular weight is 508 g/mol. The van der Waals surface area contributed by atoms with E-state index in [0.717, 1.165) is 27.8 Å². The van der Waals surface area contributed by atoms with Crippen molar-refractivity contribution in [1.29, 1.82) is 0 Å². The lowest BCUT2D eigenvalue weighted by Crippen LogP contribution is -2.39. The summed E-state index contributed by atoms with van der Waals surface area (Å²) in [6.07, 6.45) is 6.25. The van der Waals surface area contributed by atoms with Crippen molar-refractivity contribution in [1.82, 2.24) is 15.2 Å². The second-order valence-corrected chi connectivity index (χ2v) is 11.9. The quantitative estimate of drug-likeness (QED) is 0.500. The molecule has 0 amide bonds. The van der Waals surface area contributed by atoms with Crippen molar-refractivity contribution in [3.8, 4) is 10.6 Å². The Balaban J connectivity index is 1.35. The van der Waals surface area contributed by atoms with Gasteiger partial charge in [0.1, 0.15) is 9.49 Å². The molecule has 2 bridgehead atoms. The van der Waals surface area contributed by atoms with Gasteiger partial charge in [0, 0.05) is 18.0 Å². The molecule has 2 aromatic rings. The van der Waals surface area contributed by atoms with Gasteiger partial charge in [-0.05, 0) is 64.1 Å². The summed E-state index contributed by atoms with van der Waals surface area (Å²) in [6, 6.07) is 3.82. The highest BCUT2D eigenvalue weighted by Crippen LogP contribution is 2.66. The summed E-state index contributed by atoms with van der Waals surface area (Å²) < 4.78 is 13.2. The largest absolute Gasteiger partial charge is 0.427 e. The van der Waals surface area contributed by atoms with Gasteiger partial charge < -0.3 is 9.47 Å². The van der Waals surface area contributed by atoms with E-state index in [1.165, 1.54) is 29.5 Å². The molecule has 1 aliphatic heterocycles. The van der Waals surface area contributed by atoms with E-state index >= 15 is 0 Å². The first kappa shape index (κ1) is 20.6. The summed E-state index contributed by atoms with van der Waals surface area (Å²) in [6.45, 7) is 7.01. The van der Waals surface area contributed by atoms with Crippen molar-refractivity contribution in [2.75, 3.05) is 0 Å². The number of aromatic nitrogens is 3. The summed E-state index contributed by atoms with van der Waals surface area (Å²) in [7, 11) is 0. The van der Waals surface area contributed by atoms with E-state index in [0.29, 0.717) is 15.3 Å². The van der Waals surface area contributed by atoms with Crippen LogP contribution in [0.4, 0.5) is 0 Å². The zero-order valence-electron chi connectivity index (χ0n) is 16.9. The number of hydrogen-bond donors (Lipinski definition) is 0. The second-order valence-electron chi connectivity index (χ2n) is 8.87. The predicted octanol–water partition coefficient (Wildman–Crippen LogP) is 5.41. The number of nitrogens with zero attached hydrogens (tertiary/aromatic N) is 3. The standard InChI is InChI=1S/C21H22BrN3O3S2/c1-20(2)12-6-7-21(20,3)13(9-12)27-18-15(14(22)17(26)28-18)29-19-25-24-16(30-19)11-5-4-8-23-10-11/h4-5,8,10,12-13,18H,6-7,9H2,1-3H3/t12?,13?,18-,21?/m0/s1. The highest BCUT2D eigenvalue weighted by molar-refractivity contribution is 9.12. The van der Waals surface area contributed by atoms with Gasteiger partial charge in [-0.25, -0.2) is 4.79 Å². The molecule has 0 spiro atoms. The molecule has 2 saturated carbocycles. The number of halogens is 1. The normalized spacial score (nSPS) is 32.1. The minimum Gasteiger partial charge on any atom is -0.427 e. The van der Waals surface area contributed by atoms with Gasteiger partial charge in [-0.15, -0.1) is 10.2 Å². The van der Waals surface area contributed by atoms with Gasteiger partial charge in [-0.2, -0.15) is 0 Å². The molecule has 3 heterocycles. The molecule has 9 heteroatoms. The van der Waals surface area contributed by atoms with Gasteiger partial charge in [-0.1, -0.05) is 43.9 Å². The molecule has 158 valence electrons. The SMILES string of the molecule is CC1(C)C2CCC1(C)C(O[C@H]1OC(=O)C(Br)=C1Sc1nnc(-c3cccnc3)s1)C2. The maximum Gasteiger partial charge on any atom is 0.348 e. The Hall–Kier alpha value is -1.29. The van der Waals surface area contributed by atoms with E-state index in [1.807, 2.05) is 12.1 Å². The van der Waals surface area contributed by atoms with E-state index in [1.54, 1.807) is 12.4 Å². The first-order valence-corrected chi connectivity index (χ1v) is 12.4. The monoisotopic (exact) mass is 507 g/mol. The molecule has 0 aromatic carbocycles. The number of fused-ring (bicyclic) bond motifs is 2. The van der Waals surface area contributed by atoms with Crippen LogP contribution in [0.2, 0.25) is 0 Å². The summed E-state index contributed by atoms with van der Waals surface area (Å²) in [4.78, 5) is 17.1. The van der Waals surface area contributed by atoms with E-state index in [4.69, 9.17) is 9.47 Å². The van der Waals surface area contributed by atoms with Gasteiger partial charge in [0.2, 0.25) is 6.29 Å². The summed E-state index contributed by atoms with van der Waals surface area (Å²) in [5, 5.41) is 9.33. The average Bonchev–Trinajstić information content (AvgIpc) is 3.41. The van der Waals surface area contributed by atoms with Crippen LogP contribution in [0.15, 0.2) is 38.3 Å². The third-order valence-corrected chi connectivity index (χ3v) is 10.5. The predicted molar refractivity (Wildman–Crippen MR) is 119 cm³/mol. The lowest BCUT2D eigenvalue weighted by Gasteiger charge is -2.39. The number of hydrogen-bond acceptors (Lipinski definition) is 8. The van der Waals surface area contributed by atoms with Gasteiger partial charge in [0.15, 0.2) is 4.34 Å². The molecule has 3 unspecified atom stereocenters. The van der Waals surface area contributed by atoms with Crippen molar-refractivity contribution in [2.45, 2.75) is 56.8 Å². The zero-order valence-corrected chi connectivity index (χ0v) is 20.1. The Morgan fingerprint density at radius 1 is 1.33 bits per heavy atom. The molecule has 4 atom stereocenters. The number of esters is 1. The van der Waals surface area contributed by atoms with Crippen molar-refractivity contribution in [3.05, 3.63) is 33.9 Å². The van der Waals surface area contributed by atoms with Crippen LogP contribution in [-0.4, -0.2) is 33.5 Å². The summed E-state index contributed by atoms with van der Waals surface area (Å²) in [5.41, 5.74) is 1.23. The highest BCUT2D eigenvalue weighted by Gasteiger charge is 2.62. The molecule has 2 aliphatic carbocycles. The van der Waals surface area contributed by atoms with Crippen molar-refractivity contribution in [2.24, 2.45) is 16.7 Å². The minimum absolute atomic E-state index is 0.0680. The Labute approximate surface area is 192 Å². The number of carbonyl (C=O) groups is 1. The third kappa shape index (κ3) is 3.16. The van der Waals surface area contributed by atoms with Gasteiger partial charge in [-0.3, -0.25) is 4.98 Å². The topological polar surface area (TPSA) is 74.2 Å². The molecule has 0 radical (unpaired) electrons. The molecule has 30 heavy (non-hydrogen) atoms. The Kier molecular flexibility index (Phi) is 5.08. The van der Waals surface area contributed by atoms with Gasteiger partial charge in [0.05, 0.1) is 11.0 Å². The van der Waals surface area contributed by atoms with E-state index < -0.39 is 12.3 Å². The number of pyridine rings is 1. The van der Waals surface area contributed by atoms with E-state index in [2.05, 4.69) is 51.9 Å². The highest BCUT2D eigenvalue weighted by atomic mass is 79.9. The van der Waals surface area contributed by atoms with Crippen LogP contribution >= 0.6 is 39.0 Å². The summed E-state index contributed by atoms with van der Waals surface area (Å²) in [5.74, 6) is 0.255. The Morgan fingerprint density at radius 2 is 2.17 bits per heavy atom. The van der Waals surface area contributed by atoms with Gasteiger partial charge in [0.25, 0.3) is 0 Å². The van der Waals surface area contributed by atoms with Crippen LogP contribution in [0.5, 0.6) is 0 Å². The smallest absolute Gasteiger partial charge is 0.348 e. The molecule has 2 fully saturated rings. The maximum absolute atomic E-state index is 12.3. The maximum atomic E-state index is 12.3. The molecule has 5 rings (SSSR count). The Morgan fingerprint density at radius 3 is 2.83 bits per heavy atom. The lowest BCUT2D eigenvalue weighted by molar-refractivity contribution is -0.181. The van der Waals surface area contributed by atoms with Crippen molar-refractivity contribution >= 4 is 45.0 Å². The lowest BCUT2D eigenvalue weighted by atomic mass is 9.70. The number of rotatable bonds is 5. The molecule has 2 aromatic heterocycles. The van der Waals surface area contributed by atoms with E-state index in [-0.39, 0.29) is 16.9 Å². The Bertz CT molecular complexity index is 1030. The number of thioether (sulfide) groups is 1. The first-order chi connectivity index (χ1) is 14.3. The second kappa shape index (κ2) is 7.39. The van der Waals surface area contributed by atoms with Crippen LogP contribution in [0, 0.1) is 16.7 Å². The van der Waals surface area contributed by atoms with Crippen LogP contribution < -0.4 is 0 Å². The zero-order chi connectivity index (χ0) is 21.1. The van der Waals surface area contributed by atoms with Crippen LogP contribution in [0.25, 0.3) is 10.6 Å². The van der Waals surface area contributed by atoms with Crippen LogP contribution in [-0.2, 0) is 14.3 Å². The fraction of sp³-hybridized carbons (Fsp3) is 0.524. The van der Waals surface area contributed by atoms with E-state index in [9.17, 15) is 4.79 Å². The van der Waals surface area contributed by atoms with Gasteiger partial charge >= 0.3 is 5.97 Å². The summed E-state index contributed by atoms with van der Waals surface area (Å²) >= 11 is 6.23. The van der Waals surface area contributed by atoms with Crippen molar-refractivity contribution < 1.29 is 14.3 Å². The van der Waals surface area contributed by atoms with Crippen molar-refractivity contribution in [3.63, 3.8) is 0 Å². The fourth-order valence-electron chi connectivity index (χ4n) is 5.03.